The highest BCUT2D eigenvalue weighted by molar-refractivity contribution is 7.07. The van der Waals surface area contributed by atoms with Crippen LogP contribution >= 0.6 is 11.3 Å². The zero-order chi connectivity index (χ0) is 14.5. The molecule has 0 bridgehead atoms. The summed E-state index contributed by atoms with van der Waals surface area (Å²) >= 11 is 1.83. The van der Waals surface area contributed by atoms with Crippen LogP contribution in [0.15, 0.2) is 16.8 Å². The Balaban J connectivity index is 1.49. The minimum Gasteiger partial charge on any atom is -0.308 e. The molecule has 2 saturated carbocycles. The Morgan fingerprint density at radius 2 is 2.00 bits per heavy atom. The van der Waals surface area contributed by atoms with Crippen molar-refractivity contribution in [3.05, 3.63) is 22.4 Å². The van der Waals surface area contributed by atoms with Crippen LogP contribution in [0.25, 0.3) is 0 Å². The van der Waals surface area contributed by atoms with Gasteiger partial charge in [0.15, 0.2) is 0 Å². The largest absolute Gasteiger partial charge is 0.308 e. The van der Waals surface area contributed by atoms with Crippen LogP contribution in [0.2, 0.25) is 0 Å². The third-order valence-corrected chi connectivity index (χ3v) is 7.01. The predicted molar refractivity (Wildman–Crippen MR) is 89.9 cm³/mol. The van der Waals surface area contributed by atoms with E-state index in [1.165, 1.54) is 57.3 Å². The van der Waals surface area contributed by atoms with Crippen LogP contribution in [-0.4, -0.2) is 35.6 Å². The molecule has 1 aliphatic heterocycles. The van der Waals surface area contributed by atoms with Crippen molar-refractivity contribution in [2.45, 2.75) is 57.0 Å². The van der Waals surface area contributed by atoms with E-state index in [1.807, 2.05) is 11.3 Å². The van der Waals surface area contributed by atoms with E-state index in [0.717, 1.165) is 11.8 Å². The van der Waals surface area contributed by atoms with Crippen molar-refractivity contribution in [3.8, 4) is 0 Å². The third-order valence-electron chi connectivity index (χ3n) is 6.28. The summed E-state index contributed by atoms with van der Waals surface area (Å²) in [5, 5.41) is 8.48. The highest BCUT2D eigenvalue weighted by Gasteiger charge is 2.53. The van der Waals surface area contributed by atoms with Crippen LogP contribution in [0.5, 0.6) is 0 Å². The van der Waals surface area contributed by atoms with Gasteiger partial charge in [0.1, 0.15) is 0 Å². The molecular weight excluding hydrogens is 276 g/mol. The smallest absolute Gasteiger partial charge is 0.0335 e. The summed E-state index contributed by atoms with van der Waals surface area (Å²) in [6.07, 6.45) is 6.96. The maximum absolute atomic E-state index is 3.95. The van der Waals surface area contributed by atoms with E-state index in [-0.39, 0.29) is 0 Å². The summed E-state index contributed by atoms with van der Waals surface area (Å²) in [5.41, 5.74) is 2.28. The fourth-order valence-corrected chi connectivity index (χ4v) is 4.96. The molecule has 4 rings (SSSR count). The van der Waals surface area contributed by atoms with E-state index in [9.17, 15) is 0 Å². The van der Waals surface area contributed by atoms with Gasteiger partial charge in [0.2, 0.25) is 0 Å². The zero-order valence-electron chi connectivity index (χ0n) is 13.4. The van der Waals surface area contributed by atoms with Crippen molar-refractivity contribution in [2.75, 3.05) is 19.6 Å². The van der Waals surface area contributed by atoms with Gasteiger partial charge in [-0.15, -0.1) is 0 Å². The molecule has 1 saturated heterocycles. The number of hydrogen-bond donors (Lipinski definition) is 1. The molecule has 3 heteroatoms. The molecule has 21 heavy (non-hydrogen) atoms. The second-order valence-electron chi connectivity index (χ2n) is 7.98. The molecule has 0 aromatic carbocycles. The Hall–Kier alpha value is -0.380. The Labute approximate surface area is 132 Å². The fourth-order valence-electron chi connectivity index (χ4n) is 4.26. The van der Waals surface area contributed by atoms with Crippen LogP contribution in [-0.2, 0) is 6.42 Å². The lowest BCUT2D eigenvalue weighted by atomic mass is 9.83. The van der Waals surface area contributed by atoms with Crippen molar-refractivity contribution >= 4 is 11.3 Å². The average Bonchev–Trinajstić information content (AvgIpc) is 3.37. The van der Waals surface area contributed by atoms with E-state index < -0.39 is 0 Å². The van der Waals surface area contributed by atoms with Gasteiger partial charge < -0.3 is 5.32 Å². The van der Waals surface area contributed by atoms with E-state index in [4.69, 9.17) is 0 Å². The monoisotopic (exact) mass is 304 g/mol. The highest BCUT2D eigenvalue weighted by Crippen LogP contribution is 2.48. The van der Waals surface area contributed by atoms with Gasteiger partial charge >= 0.3 is 0 Å². The molecule has 0 radical (unpaired) electrons. The molecule has 2 aliphatic carbocycles. The molecular formula is C18H28N2S. The number of nitrogens with zero attached hydrogens (tertiary/aromatic N) is 1. The standard InChI is InChI=1S/C18H28N2S/c1-17(15-3-4-15)13-20(9-7-14-8-10-21-11-14)18(2,12-19-17)16-5-6-16/h8,10-11,15-16,19H,3-7,9,12-13H2,1-2H3. The lowest BCUT2D eigenvalue weighted by Crippen LogP contribution is -2.70. The molecule has 0 amide bonds. The quantitative estimate of drug-likeness (QED) is 0.895. The number of piperazine rings is 1. The number of rotatable bonds is 5. The Bertz CT molecular complexity index is 491. The second kappa shape index (κ2) is 5.07. The van der Waals surface area contributed by atoms with Crippen LogP contribution in [0.1, 0.15) is 45.1 Å². The Morgan fingerprint density at radius 1 is 1.24 bits per heavy atom. The first-order valence-corrected chi connectivity index (χ1v) is 9.56. The number of nitrogens with one attached hydrogen (secondary N) is 1. The summed E-state index contributed by atoms with van der Waals surface area (Å²) in [6.45, 7) is 8.64. The van der Waals surface area contributed by atoms with Gasteiger partial charge in [-0.3, -0.25) is 4.90 Å². The molecule has 1 aromatic rings. The van der Waals surface area contributed by atoms with Gasteiger partial charge in [-0.1, -0.05) is 0 Å². The van der Waals surface area contributed by atoms with Crippen LogP contribution < -0.4 is 5.32 Å². The van der Waals surface area contributed by atoms with Crippen LogP contribution in [0.4, 0.5) is 0 Å². The summed E-state index contributed by atoms with van der Waals surface area (Å²) in [5.74, 6) is 1.85. The maximum Gasteiger partial charge on any atom is 0.0335 e. The molecule has 2 atom stereocenters. The lowest BCUT2D eigenvalue weighted by Gasteiger charge is -2.53. The maximum atomic E-state index is 3.95. The lowest BCUT2D eigenvalue weighted by molar-refractivity contribution is 0.000160. The summed E-state index contributed by atoms with van der Waals surface area (Å²) in [6, 6.07) is 2.29. The zero-order valence-corrected chi connectivity index (χ0v) is 14.2. The van der Waals surface area contributed by atoms with Crippen molar-refractivity contribution in [1.82, 2.24) is 10.2 Å². The first kappa shape index (κ1) is 14.2. The van der Waals surface area contributed by atoms with Crippen LogP contribution in [0.3, 0.4) is 0 Å². The summed E-state index contributed by atoms with van der Waals surface area (Å²) in [4.78, 5) is 2.84. The normalized spacial score (nSPS) is 37.8. The minimum atomic E-state index is 0.364. The summed E-state index contributed by atoms with van der Waals surface area (Å²) in [7, 11) is 0. The Morgan fingerprint density at radius 3 is 2.62 bits per heavy atom. The third kappa shape index (κ3) is 2.69. The molecule has 1 N–H and O–H groups in total. The molecule has 116 valence electrons. The topological polar surface area (TPSA) is 15.3 Å². The highest BCUT2D eigenvalue weighted by atomic mass is 32.1. The molecule has 2 nitrogen and oxygen atoms in total. The van der Waals surface area contributed by atoms with Crippen molar-refractivity contribution < 1.29 is 0 Å². The van der Waals surface area contributed by atoms with Gasteiger partial charge in [-0.25, -0.2) is 0 Å². The van der Waals surface area contributed by atoms with Crippen LogP contribution in [0, 0.1) is 11.8 Å². The van der Waals surface area contributed by atoms with E-state index in [2.05, 4.69) is 40.9 Å². The molecule has 1 aromatic heterocycles. The van der Waals surface area contributed by atoms with E-state index in [1.54, 1.807) is 0 Å². The first-order chi connectivity index (χ1) is 10.1. The molecule has 2 heterocycles. The molecule has 2 unspecified atom stereocenters. The van der Waals surface area contributed by atoms with Gasteiger partial charge in [0, 0.05) is 30.7 Å². The van der Waals surface area contributed by atoms with Gasteiger partial charge in [-0.05, 0) is 80.2 Å². The second-order valence-corrected chi connectivity index (χ2v) is 8.76. The number of hydrogen-bond acceptors (Lipinski definition) is 3. The summed E-state index contributed by atoms with van der Waals surface area (Å²) < 4.78 is 0. The number of thiophene rings is 1. The average molecular weight is 305 g/mol. The van der Waals surface area contributed by atoms with Crippen molar-refractivity contribution in [3.63, 3.8) is 0 Å². The Kier molecular flexibility index (Phi) is 3.44. The predicted octanol–water partition coefficient (Wildman–Crippen LogP) is 3.53. The van der Waals surface area contributed by atoms with Crippen molar-refractivity contribution in [2.24, 2.45) is 11.8 Å². The fraction of sp³-hybridized carbons (Fsp3) is 0.778. The first-order valence-electron chi connectivity index (χ1n) is 8.61. The van der Waals surface area contributed by atoms with Gasteiger partial charge in [0.25, 0.3) is 0 Å². The SMILES string of the molecule is CC1(C2CC2)CN(CCc2ccsc2)C(C)(C2CC2)CN1. The van der Waals surface area contributed by atoms with E-state index >= 15 is 0 Å². The van der Waals surface area contributed by atoms with E-state index in [0.29, 0.717) is 11.1 Å². The van der Waals surface area contributed by atoms with Crippen molar-refractivity contribution in [1.29, 1.82) is 0 Å². The minimum absolute atomic E-state index is 0.364. The molecule has 3 aliphatic rings. The van der Waals surface area contributed by atoms with Gasteiger partial charge in [-0.2, -0.15) is 11.3 Å². The van der Waals surface area contributed by atoms with Gasteiger partial charge in [0.05, 0.1) is 0 Å². The molecule has 3 fully saturated rings. The molecule has 0 spiro atoms.